The minimum Gasteiger partial charge on any atom is -0.389 e. The van der Waals surface area contributed by atoms with Gasteiger partial charge < -0.3 is 14.9 Å². The molecule has 2 aromatic heterocycles. The zero-order valence-corrected chi connectivity index (χ0v) is 16.0. The average Bonchev–Trinajstić information content (AvgIpc) is 3.29. The van der Waals surface area contributed by atoms with Crippen molar-refractivity contribution >= 4 is 5.91 Å². The fourth-order valence-corrected chi connectivity index (χ4v) is 3.54. The van der Waals surface area contributed by atoms with Crippen molar-refractivity contribution in [3.8, 4) is 11.3 Å². The van der Waals surface area contributed by atoms with Crippen molar-refractivity contribution in [2.75, 3.05) is 0 Å². The predicted octanol–water partition coefficient (Wildman–Crippen LogP) is 3.11. The van der Waals surface area contributed by atoms with Crippen molar-refractivity contribution in [1.29, 1.82) is 0 Å². The van der Waals surface area contributed by atoms with Crippen LogP contribution < -0.4 is 5.32 Å². The number of aliphatic hydroxyl groups excluding tert-OH is 1. The van der Waals surface area contributed by atoms with Crippen molar-refractivity contribution in [2.45, 2.75) is 45.4 Å². The third kappa shape index (κ3) is 3.99. The number of hydrogen-bond acceptors (Lipinski definition) is 5. The van der Waals surface area contributed by atoms with Crippen molar-refractivity contribution in [3.63, 3.8) is 0 Å². The van der Waals surface area contributed by atoms with E-state index in [1.165, 1.54) is 0 Å². The maximum absolute atomic E-state index is 12.4. The molecule has 146 valence electrons. The number of hydrogen-bond donors (Lipinski definition) is 2. The summed E-state index contributed by atoms with van der Waals surface area (Å²) >= 11 is 0. The molecule has 1 fully saturated rings. The van der Waals surface area contributed by atoms with Gasteiger partial charge in [-0.1, -0.05) is 28.9 Å². The smallest absolute Gasteiger partial charge is 0.290 e. The van der Waals surface area contributed by atoms with Gasteiger partial charge >= 0.3 is 0 Å². The lowest BCUT2D eigenvalue weighted by Crippen LogP contribution is -2.45. The second-order valence-corrected chi connectivity index (χ2v) is 7.63. The highest BCUT2D eigenvalue weighted by molar-refractivity contribution is 5.92. The Labute approximate surface area is 163 Å². The number of carbonyl (C=O) groups excluding carboxylic acids is 1. The van der Waals surface area contributed by atoms with Crippen molar-refractivity contribution < 1.29 is 14.4 Å². The first-order chi connectivity index (χ1) is 13.5. The summed E-state index contributed by atoms with van der Waals surface area (Å²) in [6, 6.07) is 9.74. The molecule has 0 saturated heterocycles. The topological polar surface area (TPSA) is 93.2 Å². The minimum absolute atomic E-state index is 0.136. The third-order valence-electron chi connectivity index (χ3n) is 5.20. The largest absolute Gasteiger partial charge is 0.389 e. The summed E-state index contributed by atoms with van der Waals surface area (Å²) in [5.41, 5.74) is 3.54. The van der Waals surface area contributed by atoms with Crippen LogP contribution in [0.1, 0.15) is 47.6 Å². The maximum atomic E-state index is 12.4. The molecule has 1 atom stereocenters. The number of aryl methyl sites for hydroxylation is 1. The van der Waals surface area contributed by atoms with Gasteiger partial charge in [-0.3, -0.25) is 9.48 Å². The Hall–Kier alpha value is -2.93. The van der Waals surface area contributed by atoms with Crippen molar-refractivity contribution in [1.82, 2.24) is 20.3 Å². The Kier molecular flexibility index (Phi) is 5.00. The maximum Gasteiger partial charge on any atom is 0.290 e. The molecule has 1 aliphatic rings. The highest BCUT2D eigenvalue weighted by atomic mass is 16.5. The molecule has 1 saturated carbocycles. The van der Waals surface area contributed by atoms with Crippen molar-refractivity contribution in [2.24, 2.45) is 5.92 Å². The van der Waals surface area contributed by atoms with Gasteiger partial charge in [0.25, 0.3) is 5.91 Å². The van der Waals surface area contributed by atoms with Crippen LogP contribution in [0.2, 0.25) is 0 Å². The Morgan fingerprint density at radius 1 is 1.39 bits per heavy atom. The van der Waals surface area contributed by atoms with Gasteiger partial charge in [0.15, 0.2) is 0 Å². The van der Waals surface area contributed by atoms with E-state index in [4.69, 9.17) is 4.52 Å². The number of amides is 1. The number of benzene rings is 1. The van der Waals surface area contributed by atoms with Gasteiger partial charge in [-0.05, 0) is 38.7 Å². The summed E-state index contributed by atoms with van der Waals surface area (Å²) in [4.78, 5) is 12.4. The van der Waals surface area contributed by atoms with Crippen LogP contribution in [-0.4, -0.2) is 32.0 Å². The van der Waals surface area contributed by atoms with E-state index in [0.29, 0.717) is 11.6 Å². The van der Waals surface area contributed by atoms with Gasteiger partial charge in [0.1, 0.15) is 5.69 Å². The highest BCUT2D eigenvalue weighted by Crippen LogP contribution is 2.29. The number of nitrogens with one attached hydrogen (secondary N) is 1. The van der Waals surface area contributed by atoms with Gasteiger partial charge in [0.05, 0.1) is 12.3 Å². The molecule has 2 heterocycles. The summed E-state index contributed by atoms with van der Waals surface area (Å²) in [5, 5.41) is 20.9. The summed E-state index contributed by atoms with van der Waals surface area (Å²) in [6.45, 7) is 4.53. The molecule has 0 aliphatic heterocycles. The van der Waals surface area contributed by atoms with E-state index in [9.17, 15) is 9.90 Å². The molecular weight excluding hydrogens is 356 g/mol. The molecule has 4 rings (SSSR count). The molecule has 1 aliphatic carbocycles. The van der Waals surface area contributed by atoms with Crippen LogP contribution in [0.3, 0.4) is 0 Å². The van der Waals surface area contributed by atoms with Gasteiger partial charge in [-0.25, -0.2) is 0 Å². The van der Waals surface area contributed by atoms with Gasteiger partial charge in [-0.15, -0.1) is 0 Å². The SMILES string of the molecule is Cc1cccc(-c2cc(C(=O)N[C@H]3C[C@H](Cn4cc(C(C)O)cn4)C3)on2)c1. The molecule has 0 bridgehead atoms. The molecule has 1 aromatic carbocycles. The lowest BCUT2D eigenvalue weighted by Gasteiger charge is -2.35. The molecule has 0 spiro atoms. The molecule has 7 heteroatoms. The average molecular weight is 380 g/mol. The van der Waals surface area contributed by atoms with E-state index in [-0.39, 0.29) is 17.7 Å². The van der Waals surface area contributed by atoms with Crippen LogP contribution in [-0.2, 0) is 6.54 Å². The molecule has 2 N–H and O–H groups in total. The first-order valence-corrected chi connectivity index (χ1v) is 9.53. The molecule has 7 nitrogen and oxygen atoms in total. The second-order valence-electron chi connectivity index (χ2n) is 7.63. The number of nitrogens with zero attached hydrogens (tertiary/aromatic N) is 3. The molecular formula is C21H24N4O3. The Morgan fingerprint density at radius 3 is 2.93 bits per heavy atom. The molecule has 0 radical (unpaired) electrons. The van der Waals surface area contributed by atoms with E-state index < -0.39 is 6.10 Å². The Bertz CT molecular complexity index is 969. The number of aliphatic hydroxyl groups is 1. The summed E-state index contributed by atoms with van der Waals surface area (Å²) in [6.07, 6.45) is 4.85. The number of aromatic nitrogens is 3. The normalized spacial score (nSPS) is 19.8. The van der Waals surface area contributed by atoms with E-state index >= 15 is 0 Å². The molecule has 28 heavy (non-hydrogen) atoms. The fraction of sp³-hybridized carbons (Fsp3) is 0.381. The monoisotopic (exact) mass is 380 g/mol. The lowest BCUT2D eigenvalue weighted by molar-refractivity contribution is 0.0842. The summed E-state index contributed by atoms with van der Waals surface area (Å²) in [7, 11) is 0. The van der Waals surface area contributed by atoms with Crippen LogP contribution in [0.15, 0.2) is 47.2 Å². The van der Waals surface area contributed by atoms with Crippen molar-refractivity contribution in [3.05, 3.63) is 59.6 Å². The zero-order valence-electron chi connectivity index (χ0n) is 16.0. The lowest BCUT2D eigenvalue weighted by atomic mass is 9.80. The van der Waals surface area contributed by atoms with Gasteiger partial charge in [0, 0.05) is 36.0 Å². The van der Waals surface area contributed by atoms with Crippen LogP contribution in [0, 0.1) is 12.8 Å². The third-order valence-corrected chi connectivity index (χ3v) is 5.20. The quantitative estimate of drug-likeness (QED) is 0.685. The second kappa shape index (κ2) is 7.59. The van der Waals surface area contributed by atoms with E-state index in [0.717, 1.165) is 36.1 Å². The standard InChI is InChI=1S/C21H24N4O3/c1-13-4-3-5-16(6-13)19-9-20(28-24-19)21(27)23-18-7-15(8-18)11-25-12-17(10-22-25)14(2)26/h3-6,9-10,12,14-15,18,26H,7-8,11H2,1-2H3,(H,23,27)/t14?,15-,18-. The molecule has 1 unspecified atom stereocenters. The first kappa shape index (κ1) is 18.4. The van der Waals surface area contributed by atoms with E-state index in [1.807, 2.05) is 42.1 Å². The predicted molar refractivity (Wildman–Crippen MR) is 104 cm³/mol. The van der Waals surface area contributed by atoms with Crippen LogP contribution in [0.4, 0.5) is 0 Å². The number of carbonyl (C=O) groups is 1. The number of rotatable bonds is 6. The molecule has 1 amide bonds. The summed E-state index contributed by atoms with van der Waals surface area (Å²) < 4.78 is 7.09. The zero-order chi connectivity index (χ0) is 19.7. The minimum atomic E-state index is -0.506. The summed E-state index contributed by atoms with van der Waals surface area (Å²) in [5.74, 6) is 0.462. The first-order valence-electron chi connectivity index (χ1n) is 9.53. The fourth-order valence-electron chi connectivity index (χ4n) is 3.54. The van der Waals surface area contributed by atoms with Crippen LogP contribution in [0.5, 0.6) is 0 Å². The Balaban J connectivity index is 1.28. The Morgan fingerprint density at radius 2 is 2.21 bits per heavy atom. The molecule has 3 aromatic rings. The van der Waals surface area contributed by atoms with Gasteiger partial charge in [0.2, 0.25) is 5.76 Å². The van der Waals surface area contributed by atoms with Crippen LogP contribution >= 0.6 is 0 Å². The van der Waals surface area contributed by atoms with Crippen LogP contribution in [0.25, 0.3) is 11.3 Å². The van der Waals surface area contributed by atoms with E-state index in [1.54, 1.807) is 19.2 Å². The highest BCUT2D eigenvalue weighted by Gasteiger charge is 2.31. The van der Waals surface area contributed by atoms with Gasteiger partial charge in [-0.2, -0.15) is 5.10 Å². The van der Waals surface area contributed by atoms with E-state index in [2.05, 4.69) is 15.6 Å².